The molecule has 0 atom stereocenters. The predicted octanol–water partition coefficient (Wildman–Crippen LogP) is 4.34. The van der Waals surface area contributed by atoms with E-state index in [1.54, 1.807) is 4.68 Å². The number of aromatic nitrogens is 3. The molecule has 0 fully saturated rings. The quantitative estimate of drug-likeness (QED) is 0.626. The zero-order valence-electron chi connectivity index (χ0n) is 13.8. The van der Waals surface area contributed by atoms with Gasteiger partial charge >= 0.3 is 0 Å². The van der Waals surface area contributed by atoms with E-state index in [1.165, 1.54) is 0 Å². The minimum atomic E-state index is -0.238. The first-order valence-electron chi connectivity index (χ1n) is 7.67. The Hall–Kier alpha value is -1.99. The van der Waals surface area contributed by atoms with E-state index in [-0.39, 0.29) is 5.91 Å². The first kappa shape index (κ1) is 17.8. The highest BCUT2D eigenvalue weighted by Crippen LogP contribution is 2.20. The van der Waals surface area contributed by atoms with E-state index in [0.717, 1.165) is 25.8 Å². The summed E-state index contributed by atoms with van der Waals surface area (Å²) in [6.07, 6.45) is 0. The molecule has 2 aromatic carbocycles. The Bertz CT molecular complexity index is 937. The van der Waals surface area contributed by atoms with Crippen molar-refractivity contribution >= 4 is 37.8 Å². The van der Waals surface area contributed by atoms with Gasteiger partial charge in [-0.05, 0) is 55.3 Å². The number of halogens is 2. The first-order valence-corrected chi connectivity index (χ1v) is 9.26. The summed E-state index contributed by atoms with van der Waals surface area (Å²) in [5.74, 6) is -0.238. The lowest BCUT2D eigenvalue weighted by molar-refractivity contribution is 0.0945. The van der Waals surface area contributed by atoms with Crippen molar-refractivity contribution in [3.05, 3.63) is 73.9 Å². The van der Waals surface area contributed by atoms with E-state index in [9.17, 15) is 4.79 Å². The van der Waals surface area contributed by atoms with Gasteiger partial charge in [0.2, 0.25) is 0 Å². The topological polar surface area (TPSA) is 59.8 Å². The minimum absolute atomic E-state index is 0.238. The first-order chi connectivity index (χ1) is 12.0. The van der Waals surface area contributed by atoms with Crippen molar-refractivity contribution in [2.45, 2.75) is 20.4 Å². The molecule has 0 spiro atoms. The van der Waals surface area contributed by atoms with Gasteiger partial charge in [0.05, 0.1) is 11.4 Å². The van der Waals surface area contributed by atoms with E-state index in [4.69, 9.17) is 0 Å². The molecule has 1 aromatic heterocycles. The summed E-state index contributed by atoms with van der Waals surface area (Å²) in [4.78, 5) is 12.4. The number of nitrogens with zero attached hydrogens (tertiary/aromatic N) is 3. The summed E-state index contributed by atoms with van der Waals surface area (Å²) in [5.41, 5.74) is 4.00. The summed E-state index contributed by atoms with van der Waals surface area (Å²) in [6.45, 7) is 4.28. The molecule has 0 bridgehead atoms. The third-order valence-corrected chi connectivity index (χ3v) is 5.22. The Morgan fingerprint density at radius 3 is 2.68 bits per heavy atom. The van der Waals surface area contributed by atoms with Gasteiger partial charge in [0.25, 0.3) is 5.91 Å². The van der Waals surface area contributed by atoms with Crippen LogP contribution in [0, 0.1) is 13.8 Å². The maximum atomic E-state index is 12.4. The second-order valence-electron chi connectivity index (χ2n) is 5.68. The summed E-state index contributed by atoms with van der Waals surface area (Å²) >= 11 is 6.91. The van der Waals surface area contributed by atoms with Crippen LogP contribution in [-0.4, -0.2) is 20.9 Å². The number of benzene rings is 2. The van der Waals surface area contributed by atoms with Gasteiger partial charge in [0.1, 0.15) is 0 Å². The zero-order valence-corrected chi connectivity index (χ0v) is 16.9. The van der Waals surface area contributed by atoms with Crippen molar-refractivity contribution < 1.29 is 4.79 Å². The molecule has 7 heteroatoms. The molecule has 25 heavy (non-hydrogen) atoms. The number of carbonyl (C=O) groups is 1. The van der Waals surface area contributed by atoms with Crippen molar-refractivity contribution in [3.8, 4) is 5.69 Å². The molecule has 128 valence electrons. The van der Waals surface area contributed by atoms with Crippen molar-refractivity contribution in [1.82, 2.24) is 20.3 Å². The number of rotatable bonds is 4. The molecule has 0 aliphatic rings. The highest BCUT2D eigenvalue weighted by atomic mass is 79.9. The number of aryl methyl sites for hydroxylation is 1. The van der Waals surface area contributed by atoms with Crippen LogP contribution in [0.5, 0.6) is 0 Å². The second kappa shape index (κ2) is 7.49. The third-order valence-electron chi connectivity index (χ3n) is 3.84. The summed E-state index contributed by atoms with van der Waals surface area (Å²) in [6, 6.07) is 13.7. The average molecular weight is 464 g/mol. The SMILES string of the molecule is Cc1cc(-n2nnc(C(=O)NCc3cccc(Br)c3)c2C)ccc1Br. The van der Waals surface area contributed by atoms with E-state index in [1.807, 2.05) is 56.3 Å². The van der Waals surface area contributed by atoms with Crippen LogP contribution in [0.15, 0.2) is 51.4 Å². The molecular formula is C18H16Br2N4O. The molecule has 0 saturated carbocycles. The van der Waals surface area contributed by atoms with Crippen LogP contribution in [0.1, 0.15) is 27.3 Å². The van der Waals surface area contributed by atoms with E-state index in [0.29, 0.717) is 17.9 Å². The highest BCUT2D eigenvalue weighted by molar-refractivity contribution is 9.10. The second-order valence-corrected chi connectivity index (χ2v) is 7.45. The molecule has 0 saturated heterocycles. The molecule has 3 aromatic rings. The normalized spacial score (nSPS) is 10.7. The van der Waals surface area contributed by atoms with Gasteiger partial charge in [0, 0.05) is 15.5 Å². The smallest absolute Gasteiger partial charge is 0.274 e. The van der Waals surface area contributed by atoms with Gasteiger partial charge in [-0.1, -0.05) is 49.2 Å². The molecule has 0 aliphatic heterocycles. The van der Waals surface area contributed by atoms with Crippen LogP contribution < -0.4 is 5.32 Å². The van der Waals surface area contributed by atoms with Gasteiger partial charge in [-0.2, -0.15) is 0 Å². The van der Waals surface area contributed by atoms with Gasteiger partial charge in [0.15, 0.2) is 5.69 Å². The Morgan fingerprint density at radius 2 is 1.96 bits per heavy atom. The number of hydrogen-bond donors (Lipinski definition) is 1. The fourth-order valence-electron chi connectivity index (χ4n) is 2.46. The van der Waals surface area contributed by atoms with Crippen LogP contribution in [-0.2, 0) is 6.54 Å². The van der Waals surface area contributed by atoms with E-state index in [2.05, 4.69) is 47.5 Å². The van der Waals surface area contributed by atoms with Crippen LogP contribution in [0.2, 0.25) is 0 Å². The van der Waals surface area contributed by atoms with Crippen LogP contribution >= 0.6 is 31.9 Å². The van der Waals surface area contributed by atoms with Gasteiger partial charge < -0.3 is 5.32 Å². The zero-order chi connectivity index (χ0) is 18.0. The van der Waals surface area contributed by atoms with Crippen LogP contribution in [0.4, 0.5) is 0 Å². The van der Waals surface area contributed by atoms with E-state index < -0.39 is 0 Å². The number of nitrogens with one attached hydrogen (secondary N) is 1. The Balaban J connectivity index is 1.78. The maximum absolute atomic E-state index is 12.4. The van der Waals surface area contributed by atoms with Gasteiger partial charge in [-0.15, -0.1) is 5.10 Å². The molecule has 5 nitrogen and oxygen atoms in total. The third kappa shape index (κ3) is 3.99. The fraction of sp³-hybridized carbons (Fsp3) is 0.167. The molecule has 1 N–H and O–H groups in total. The van der Waals surface area contributed by atoms with Gasteiger partial charge in [-0.3, -0.25) is 4.79 Å². The van der Waals surface area contributed by atoms with E-state index >= 15 is 0 Å². The van der Waals surface area contributed by atoms with Crippen molar-refractivity contribution in [2.75, 3.05) is 0 Å². The van der Waals surface area contributed by atoms with Crippen molar-refractivity contribution in [1.29, 1.82) is 0 Å². The average Bonchev–Trinajstić information content (AvgIpc) is 2.97. The monoisotopic (exact) mass is 462 g/mol. The van der Waals surface area contributed by atoms with Crippen LogP contribution in [0.3, 0.4) is 0 Å². The molecule has 0 unspecified atom stereocenters. The largest absolute Gasteiger partial charge is 0.347 e. The van der Waals surface area contributed by atoms with Crippen molar-refractivity contribution in [2.24, 2.45) is 0 Å². The predicted molar refractivity (Wildman–Crippen MR) is 104 cm³/mol. The Kier molecular flexibility index (Phi) is 5.34. The molecule has 3 rings (SSSR count). The summed E-state index contributed by atoms with van der Waals surface area (Å²) < 4.78 is 3.68. The lowest BCUT2D eigenvalue weighted by atomic mass is 10.2. The van der Waals surface area contributed by atoms with Gasteiger partial charge in [-0.25, -0.2) is 4.68 Å². The minimum Gasteiger partial charge on any atom is -0.347 e. The number of amides is 1. The highest BCUT2D eigenvalue weighted by Gasteiger charge is 2.17. The molecule has 0 radical (unpaired) electrons. The molecular weight excluding hydrogens is 448 g/mol. The number of carbonyl (C=O) groups excluding carboxylic acids is 1. The fourth-order valence-corrected chi connectivity index (χ4v) is 3.15. The van der Waals surface area contributed by atoms with Crippen LogP contribution in [0.25, 0.3) is 5.69 Å². The maximum Gasteiger partial charge on any atom is 0.274 e. The summed E-state index contributed by atoms with van der Waals surface area (Å²) in [7, 11) is 0. The summed E-state index contributed by atoms with van der Waals surface area (Å²) in [5, 5.41) is 11.1. The van der Waals surface area contributed by atoms with Crippen molar-refractivity contribution in [3.63, 3.8) is 0 Å². The lowest BCUT2D eigenvalue weighted by Gasteiger charge is -2.07. The Morgan fingerprint density at radius 1 is 1.16 bits per heavy atom. The molecule has 0 aliphatic carbocycles. The standard InChI is InChI=1S/C18H16Br2N4O/c1-11-8-15(6-7-16(11)20)24-12(2)17(22-23-24)18(25)21-10-13-4-3-5-14(19)9-13/h3-9H,10H2,1-2H3,(H,21,25). The molecule has 1 heterocycles. The lowest BCUT2D eigenvalue weighted by Crippen LogP contribution is -2.24. The molecule has 1 amide bonds. The number of hydrogen-bond acceptors (Lipinski definition) is 3. The Labute approximate surface area is 162 Å².